The predicted molar refractivity (Wildman–Crippen MR) is 88.0 cm³/mol. The Hall–Kier alpha value is -1.42. The summed E-state index contributed by atoms with van der Waals surface area (Å²) in [6, 6.07) is 7.47. The number of ketones is 1. The molecule has 2 rings (SSSR count). The summed E-state index contributed by atoms with van der Waals surface area (Å²) in [6.07, 6.45) is 3.92. The molecule has 1 aromatic rings. The number of allylic oxidation sites excluding steroid dienone is 2. The quantitative estimate of drug-likeness (QED) is 0.888. The summed E-state index contributed by atoms with van der Waals surface area (Å²) >= 11 is 3.36. The third-order valence-electron chi connectivity index (χ3n) is 4.22. The summed E-state index contributed by atoms with van der Waals surface area (Å²) in [4.78, 5) is 24.1. The van der Waals surface area contributed by atoms with Crippen LogP contribution in [0.3, 0.4) is 0 Å². The second kappa shape index (κ2) is 6.14. The van der Waals surface area contributed by atoms with Crippen LogP contribution in [-0.4, -0.2) is 11.7 Å². The van der Waals surface area contributed by atoms with Gasteiger partial charge in [-0.3, -0.25) is 9.59 Å². The van der Waals surface area contributed by atoms with Crippen LogP contribution in [0.4, 0.5) is 5.69 Å². The predicted octanol–water partition coefficient (Wildman–Crippen LogP) is 4.20. The maximum Gasteiger partial charge on any atom is 0.224 e. The van der Waals surface area contributed by atoms with Crippen molar-refractivity contribution in [3.05, 3.63) is 40.9 Å². The Labute approximate surface area is 133 Å². The first-order valence-electron chi connectivity index (χ1n) is 7.08. The average Bonchev–Trinajstić information content (AvgIpc) is 2.42. The van der Waals surface area contributed by atoms with E-state index >= 15 is 0 Å². The van der Waals surface area contributed by atoms with Crippen LogP contribution in [0.15, 0.2) is 40.9 Å². The van der Waals surface area contributed by atoms with Gasteiger partial charge in [-0.1, -0.05) is 42.8 Å². The number of amides is 1. The van der Waals surface area contributed by atoms with E-state index in [2.05, 4.69) is 35.1 Å². The fraction of sp³-hybridized carbons (Fsp3) is 0.412. The normalized spacial score (nSPS) is 23.9. The minimum Gasteiger partial charge on any atom is -0.326 e. The number of carbonyl (C=O) groups is 2. The van der Waals surface area contributed by atoms with Crippen molar-refractivity contribution in [3.8, 4) is 0 Å². The van der Waals surface area contributed by atoms with Crippen LogP contribution in [0.5, 0.6) is 0 Å². The zero-order valence-electron chi connectivity index (χ0n) is 12.5. The van der Waals surface area contributed by atoms with Crippen molar-refractivity contribution in [2.24, 2.45) is 17.3 Å². The molecule has 3 nitrogen and oxygen atoms in total. The third-order valence-corrected chi connectivity index (χ3v) is 4.75. The van der Waals surface area contributed by atoms with Gasteiger partial charge in [0.05, 0.1) is 0 Å². The molecule has 1 aliphatic rings. The van der Waals surface area contributed by atoms with Crippen molar-refractivity contribution in [1.82, 2.24) is 0 Å². The minimum absolute atomic E-state index is 0.0189. The van der Waals surface area contributed by atoms with E-state index in [0.717, 1.165) is 10.2 Å². The number of halogens is 1. The summed E-state index contributed by atoms with van der Waals surface area (Å²) < 4.78 is 0.971. The van der Waals surface area contributed by atoms with Crippen molar-refractivity contribution in [2.45, 2.75) is 27.2 Å². The Kier molecular flexibility index (Phi) is 4.67. The molecule has 0 radical (unpaired) electrons. The molecule has 0 spiro atoms. The summed E-state index contributed by atoms with van der Waals surface area (Å²) in [7, 11) is 0. The van der Waals surface area contributed by atoms with Crippen molar-refractivity contribution >= 4 is 33.3 Å². The molecule has 2 atom stereocenters. The van der Waals surface area contributed by atoms with Crippen LogP contribution in [0.25, 0.3) is 0 Å². The molecule has 0 heterocycles. The number of carbonyl (C=O) groups excluding carboxylic acids is 2. The average molecular weight is 350 g/mol. The highest BCUT2D eigenvalue weighted by atomic mass is 79.9. The van der Waals surface area contributed by atoms with Crippen LogP contribution < -0.4 is 5.32 Å². The maximum atomic E-state index is 12.2. The SMILES string of the molecule is C[C@@H]1C(=O)C=CC(C)(C)[C@H]1CC(=O)Nc1ccc(Br)cc1. The van der Waals surface area contributed by atoms with E-state index in [0.29, 0.717) is 6.42 Å². The highest BCUT2D eigenvalue weighted by Gasteiger charge is 2.38. The van der Waals surface area contributed by atoms with Gasteiger partial charge in [-0.05, 0) is 41.7 Å². The molecule has 0 fully saturated rings. The largest absolute Gasteiger partial charge is 0.326 e. The summed E-state index contributed by atoms with van der Waals surface area (Å²) in [5.74, 6) is -0.0489. The second-order valence-corrected chi connectivity index (χ2v) is 7.13. The van der Waals surface area contributed by atoms with Crippen LogP contribution >= 0.6 is 15.9 Å². The lowest BCUT2D eigenvalue weighted by Crippen LogP contribution is -2.37. The fourth-order valence-electron chi connectivity index (χ4n) is 2.80. The van der Waals surface area contributed by atoms with E-state index < -0.39 is 0 Å². The van der Waals surface area contributed by atoms with Crippen molar-refractivity contribution < 1.29 is 9.59 Å². The van der Waals surface area contributed by atoms with Crippen molar-refractivity contribution in [2.75, 3.05) is 5.32 Å². The molecule has 1 aromatic carbocycles. The summed E-state index contributed by atoms with van der Waals surface area (Å²) in [5, 5.41) is 2.89. The van der Waals surface area contributed by atoms with Crippen LogP contribution in [0.2, 0.25) is 0 Å². The van der Waals surface area contributed by atoms with Gasteiger partial charge in [-0.15, -0.1) is 0 Å². The lowest BCUT2D eigenvalue weighted by atomic mass is 9.66. The molecule has 0 aromatic heterocycles. The van der Waals surface area contributed by atoms with Crippen LogP contribution in [-0.2, 0) is 9.59 Å². The van der Waals surface area contributed by atoms with Gasteiger partial charge in [0.25, 0.3) is 0 Å². The van der Waals surface area contributed by atoms with E-state index in [1.54, 1.807) is 6.08 Å². The highest BCUT2D eigenvalue weighted by molar-refractivity contribution is 9.10. The lowest BCUT2D eigenvalue weighted by molar-refractivity contribution is -0.123. The Morgan fingerprint density at radius 1 is 1.29 bits per heavy atom. The topological polar surface area (TPSA) is 46.2 Å². The summed E-state index contributed by atoms with van der Waals surface area (Å²) in [6.45, 7) is 6.05. The van der Waals surface area contributed by atoms with Crippen LogP contribution in [0, 0.1) is 17.3 Å². The Balaban J connectivity index is 2.06. The molecule has 0 aliphatic heterocycles. The number of rotatable bonds is 3. The standard InChI is InChI=1S/C17H20BrNO2/c1-11-14(17(2,3)9-8-15(11)20)10-16(21)19-13-6-4-12(18)5-7-13/h4-9,11,14H,10H2,1-3H3,(H,19,21)/t11-,14-/m0/s1. The second-order valence-electron chi connectivity index (χ2n) is 6.21. The molecular formula is C17H20BrNO2. The third kappa shape index (κ3) is 3.82. The molecule has 0 bridgehead atoms. The van der Waals surface area contributed by atoms with E-state index in [1.807, 2.05) is 37.3 Å². The van der Waals surface area contributed by atoms with Gasteiger partial charge in [0.1, 0.15) is 0 Å². The van der Waals surface area contributed by atoms with Crippen molar-refractivity contribution in [3.63, 3.8) is 0 Å². The minimum atomic E-state index is -0.148. The first kappa shape index (κ1) is 16.0. The zero-order chi connectivity index (χ0) is 15.6. The first-order valence-corrected chi connectivity index (χ1v) is 7.87. The van der Waals surface area contributed by atoms with Gasteiger partial charge in [-0.2, -0.15) is 0 Å². The molecule has 1 N–H and O–H groups in total. The molecule has 0 saturated carbocycles. The zero-order valence-corrected chi connectivity index (χ0v) is 14.1. The van der Waals surface area contributed by atoms with Gasteiger partial charge in [0.15, 0.2) is 5.78 Å². The van der Waals surface area contributed by atoms with Crippen molar-refractivity contribution in [1.29, 1.82) is 0 Å². The molecule has 0 unspecified atom stereocenters. The van der Waals surface area contributed by atoms with Gasteiger partial charge in [0.2, 0.25) is 5.91 Å². The molecule has 112 valence electrons. The number of anilines is 1. The molecular weight excluding hydrogens is 330 g/mol. The molecule has 4 heteroatoms. The van der Waals surface area contributed by atoms with Crippen LogP contribution in [0.1, 0.15) is 27.2 Å². The maximum absolute atomic E-state index is 12.2. The van der Waals surface area contributed by atoms with Gasteiger partial charge in [0, 0.05) is 22.5 Å². The molecule has 1 aliphatic carbocycles. The number of benzene rings is 1. The van der Waals surface area contributed by atoms with Gasteiger partial charge in [-0.25, -0.2) is 0 Å². The number of nitrogens with one attached hydrogen (secondary N) is 1. The van der Waals surface area contributed by atoms with E-state index in [9.17, 15) is 9.59 Å². The summed E-state index contributed by atoms with van der Waals surface area (Å²) in [5.41, 5.74) is 0.621. The number of hydrogen-bond acceptors (Lipinski definition) is 2. The monoisotopic (exact) mass is 349 g/mol. The lowest BCUT2D eigenvalue weighted by Gasteiger charge is -2.37. The number of hydrogen-bond donors (Lipinski definition) is 1. The Morgan fingerprint density at radius 2 is 1.90 bits per heavy atom. The fourth-order valence-corrected chi connectivity index (χ4v) is 3.06. The van der Waals surface area contributed by atoms with E-state index in [-0.39, 0.29) is 28.9 Å². The molecule has 0 saturated heterocycles. The molecule has 1 amide bonds. The highest BCUT2D eigenvalue weighted by Crippen LogP contribution is 2.40. The first-order chi connectivity index (χ1) is 9.79. The van der Waals surface area contributed by atoms with Gasteiger partial charge >= 0.3 is 0 Å². The van der Waals surface area contributed by atoms with E-state index in [4.69, 9.17) is 0 Å². The van der Waals surface area contributed by atoms with E-state index in [1.165, 1.54) is 0 Å². The Bertz CT molecular complexity index is 575. The smallest absolute Gasteiger partial charge is 0.224 e. The molecule has 21 heavy (non-hydrogen) atoms. The van der Waals surface area contributed by atoms with Gasteiger partial charge < -0.3 is 5.32 Å². The Morgan fingerprint density at radius 3 is 2.52 bits per heavy atom.